The predicted octanol–water partition coefficient (Wildman–Crippen LogP) is 5.72. The Hall–Kier alpha value is -3.90. The molecule has 4 aromatic carbocycles. The molecule has 4 rings (SSSR count). The molecule has 0 fully saturated rings. The molecule has 5 nitrogen and oxygen atoms in total. The van der Waals surface area contributed by atoms with Crippen LogP contribution in [0.25, 0.3) is 11.1 Å². The first-order chi connectivity index (χ1) is 15.4. The summed E-state index contributed by atoms with van der Waals surface area (Å²) in [6, 6.07) is 30.5. The van der Waals surface area contributed by atoms with Crippen LogP contribution in [0, 0.1) is 6.92 Å². The highest BCUT2D eigenvalue weighted by Gasteiger charge is 2.15. The number of rotatable bonds is 6. The van der Waals surface area contributed by atoms with Crippen molar-refractivity contribution in [1.29, 1.82) is 0 Å². The van der Waals surface area contributed by atoms with Gasteiger partial charge in [0.2, 0.25) is 0 Å². The Balaban J connectivity index is 1.43. The maximum atomic E-state index is 12.6. The highest BCUT2D eigenvalue weighted by atomic mass is 32.2. The fourth-order valence-corrected chi connectivity index (χ4v) is 4.34. The minimum atomic E-state index is -3.72. The van der Waals surface area contributed by atoms with Crippen LogP contribution in [-0.4, -0.2) is 14.3 Å². The number of hydrogen-bond donors (Lipinski definition) is 2. The van der Waals surface area contributed by atoms with Crippen LogP contribution in [0.2, 0.25) is 0 Å². The molecule has 0 unspecified atom stereocenters. The van der Waals surface area contributed by atoms with Gasteiger partial charge in [0, 0.05) is 16.9 Å². The number of amides is 1. The van der Waals surface area contributed by atoms with E-state index in [2.05, 4.69) is 10.0 Å². The Kier molecular flexibility index (Phi) is 6.05. The van der Waals surface area contributed by atoms with Gasteiger partial charge in [0.05, 0.1) is 4.90 Å². The lowest BCUT2D eigenvalue weighted by Crippen LogP contribution is -2.14. The normalized spacial score (nSPS) is 11.0. The molecule has 1 amide bonds. The lowest BCUT2D eigenvalue weighted by Gasteiger charge is -2.10. The topological polar surface area (TPSA) is 75.3 Å². The molecular formula is C26H22N2O3S. The molecule has 160 valence electrons. The number of sulfonamides is 1. The van der Waals surface area contributed by atoms with Crippen molar-refractivity contribution in [2.24, 2.45) is 0 Å². The van der Waals surface area contributed by atoms with Crippen molar-refractivity contribution in [3.63, 3.8) is 0 Å². The molecule has 0 aliphatic rings. The zero-order chi connectivity index (χ0) is 22.6. The molecular weight excluding hydrogens is 420 g/mol. The molecule has 32 heavy (non-hydrogen) atoms. The zero-order valence-corrected chi connectivity index (χ0v) is 18.3. The van der Waals surface area contributed by atoms with Crippen molar-refractivity contribution in [3.8, 4) is 11.1 Å². The van der Waals surface area contributed by atoms with Gasteiger partial charge in [-0.05, 0) is 72.1 Å². The molecule has 0 heterocycles. The number of carbonyl (C=O) groups is 1. The van der Waals surface area contributed by atoms with Crippen molar-refractivity contribution in [1.82, 2.24) is 0 Å². The monoisotopic (exact) mass is 442 g/mol. The van der Waals surface area contributed by atoms with E-state index in [0.29, 0.717) is 16.9 Å². The molecule has 0 aromatic heterocycles. The quantitative estimate of drug-likeness (QED) is 0.401. The average Bonchev–Trinajstić information content (AvgIpc) is 2.80. The second-order valence-electron chi connectivity index (χ2n) is 7.40. The van der Waals surface area contributed by atoms with Crippen LogP contribution in [0.1, 0.15) is 15.9 Å². The summed E-state index contributed by atoms with van der Waals surface area (Å²) in [5.74, 6) is -0.266. The van der Waals surface area contributed by atoms with Crippen molar-refractivity contribution in [2.45, 2.75) is 11.8 Å². The Morgan fingerprint density at radius 2 is 1.34 bits per heavy atom. The Bertz CT molecular complexity index is 1330. The van der Waals surface area contributed by atoms with Gasteiger partial charge in [-0.3, -0.25) is 9.52 Å². The highest BCUT2D eigenvalue weighted by molar-refractivity contribution is 7.92. The number of carbonyl (C=O) groups excluding carboxylic acids is 1. The molecule has 0 aliphatic carbocycles. The van der Waals surface area contributed by atoms with Gasteiger partial charge in [0.1, 0.15) is 0 Å². The Labute approximate surface area is 187 Å². The summed E-state index contributed by atoms with van der Waals surface area (Å²) in [6.45, 7) is 1.89. The smallest absolute Gasteiger partial charge is 0.261 e. The fraction of sp³-hybridized carbons (Fsp3) is 0.0385. The molecule has 0 saturated heterocycles. The number of anilines is 2. The van der Waals surface area contributed by atoms with Crippen LogP contribution in [-0.2, 0) is 10.0 Å². The molecule has 0 bridgehead atoms. The molecule has 6 heteroatoms. The van der Waals surface area contributed by atoms with E-state index in [9.17, 15) is 13.2 Å². The largest absolute Gasteiger partial charge is 0.322 e. The number of hydrogen-bond acceptors (Lipinski definition) is 3. The third kappa shape index (κ3) is 5.04. The lowest BCUT2D eigenvalue weighted by atomic mass is 10.0. The van der Waals surface area contributed by atoms with Crippen molar-refractivity contribution in [3.05, 3.63) is 114 Å². The first kappa shape index (κ1) is 21.3. The van der Waals surface area contributed by atoms with Gasteiger partial charge in [-0.2, -0.15) is 0 Å². The van der Waals surface area contributed by atoms with Gasteiger partial charge in [-0.15, -0.1) is 0 Å². The van der Waals surface area contributed by atoms with Gasteiger partial charge in [0.25, 0.3) is 15.9 Å². The van der Waals surface area contributed by atoms with Gasteiger partial charge in [0.15, 0.2) is 0 Å². The summed E-state index contributed by atoms with van der Waals surface area (Å²) in [5, 5.41) is 2.80. The standard InChI is InChI=1S/C26H22N2O3S/c1-19-6-5-9-24(18-19)28-32(30,31)25-16-14-23(15-17-25)27-26(29)22-12-10-21(11-13-22)20-7-3-2-4-8-20/h2-18,28H,1H3,(H,27,29). The van der Waals surface area contributed by atoms with Crippen LogP contribution < -0.4 is 10.0 Å². The molecule has 0 aliphatic heterocycles. The van der Waals surface area contributed by atoms with E-state index in [-0.39, 0.29) is 10.8 Å². The second-order valence-corrected chi connectivity index (χ2v) is 9.08. The van der Waals surface area contributed by atoms with E-state index in [0.717, 1.165) is 16.7 Å². The average molecular weight is 443 g/mol. The van der Waals surface area contributed by atoms with E-state index in [1.54, 1.807) is 42.5 Å². The summed E-state index contributed by atoms with van der Waals surface area (Å²) >= 11 is 0. The van der Waals surface area contributed by atoms with Gasteiger partial charge in [-0.25, -0.2) is 8.42 Å². The maximum absolute atomic E-state index is 12.6. The molecule has 4 aromatic rings. The van der Waals surface area contributed by atoms with E-state index in [1.165, 1.54) is 12.1 Å². The Morgan fingerprint density at radius 1 is 0.688 bits per heavy atom. The van der Waals surface area contributed by atoms with Crippen LogP contribution in [0.15, 0.2) is 108 Å². The first-order valence-electron chi connectivity index (χ1n) is 10.1. The second kappa shape index (κ2) is 9.08. The summed E-state index contributed by atoms with van der Waals surface area (Å²) in [4.78, 5) is 12.7. The number of nitrogens with one attached hydrogen (secondary N) is 2. The summed E-state index contributed by atoms with van der Waals surface area (Å²) in [6.07, 6.45) is 0. The van der Waals surface area contributed by atoms with Crippen molar-refractivity contribution < 1.29 is 13.2 Å². The maximum Gasteiger partial charge on any atom is 0.261 e. The third-order valence-electron chi connectivity index (χ3n) is 4.95. The van der Waals surface area contributed by atoms with Gasteiger partial charge in [-0.1, -0.05) is 54.6 Å². The molecule has 2 N–H and O–H groups in total. The summed E-state index contributed by atoms with van der Waals surface area (Å²) in [7, 11) is -3.72. The minimum Gasteiger partial charge on any atom is -0.322 e. The van der Waals surface area contributed by atoms with Crippen LogP contribution >= 0.6 is 0 Å². The SMILES string of the molecule is Cc1cccc(NS(=O)(=O)c2ccc(NC(=O)c3ccc(-c4ccccc4)cc3)cc2)c1. The van der Waals surface area contributed by atoms with Crippen LogP contribution in [0.3, 0.4) is 0 Å². The van der Waals surface area contributed by atoms with Gasteiger partial charge >= 0.3 is 0 Å². The molecule has 0 saturated carbocycles. The Morgan fingerprint density at radius 3 is 2.00 bits per heavy atom. The molecule has 0 radical (unpaired) electrons. The lowest BCUT2D eigenvalue weighted by molar-refractivity contribution is 0.102. The molecule has 0 spiro atoms. The van der Waals surface area contributed by atoms with E-state index in [1.807, 2.05) is 55.5 Å². The zero-order valence-electron chi connectivity index (χ0n) is 17.4. The highest BCUT2D eigenvalue weighted by Crippen LogP contribution is 2.21. The number of benzene rings is 4. The summed E-state index contributed by atoms with van der Waals surface area (Å²) in [5.41, 5.74) is 4.59. The van der Waals surface area contributed by atoms with Gasteiger partial charge < -0.3 is 5.32 Å². The first-order valence-corrected chi connectivity index (χ1v) is 11.6. The minimum absolute atomic E-state index is 0.115. The van der Waals surface area contributed by atoms with E-state index < -0.39 is 10.0 Å². The summed E-state index contributed by atoms with van der Waals surface area (Å²) < 4.78 is 27.8. The predicted molar refractivity (Wildman–Crippen MR) is 128 cm³/mol. The van der Waals surface area contributed by atoms with Crippen molar-refractivity contribution in [2.75, 3.05) is 10.0 Å². The number of aryl methyl sites for hydroxylation is 1. The third-order valence-corrected chi connectivity index (χ3v) is 6.34. The van der Waals surface area contributed by atoms with Crippen LogP contribution in [0.4, 0.5) is 11.4 Å². The van der Waals surface area contributed by atoms with Crippen molar-refractivity contribution >= 4 is 27.3 Å². The van der Waals surface area contributed by atoms with Crippen LogP contribution in [0.5, 0.6) is 0 Å². The fourth-order valence-electron chi connectivity index (χ4n) is 3.29. The van der Waals surface area contributed by atoms with E-state index >= 15 is 0 Å². The molecule has 0 atom stereocenters. The van der Waals surface area contributed by atoms with E-state index in [4.69, 9.17) is 0 Å².